The molecule has 0 atom stereocenters. The van der Waals surface area contributed by atoms with E-state index >= 15 is 0 Å². The molecule has 0 saturated carbocycles. The number of aromatic nitrogens is 4. The number of azo groups is 1. The smallest absolute Gasteiger partial charge is 0.259 e. The fraction of sp³-hybridized carbons (Fsp3) is 0.396. The maximum atomic E-state index is 13.8. The molecule has 7 aromatic rings. The lowest BCUT2D eigenvalue weighted by atomic mass is 10.00. The number of methoxy groups -OCH3 is 1. The maximum absolute atomic E-state index is 13.8. The van der Waals surface area contributed by atoms with E-state index in [0.717, 1.165) is 106 Å². The molecule has 0 aliphatic rings. The minimum atomic E-state index is -0.492. The number of amides is 1. The van der Waals surface area contributed by atoms with E-state index in [9.17, 15) is 9.90 Å². The lowest BCUT2D eigenvalue weighted by Crippen LogP contribution is -2.34. The van der Waals surface area contributed by atoms with Gasteiger partial charge < -0.3 is 54.9 Å². The van der Waals surface area contributed by atoms with E-state index in [4.69, 9.17) is 24.8 Å². The molecule has 0 unspecified atom stereocenters. The van der Waals surface area contributed by atoms with Gasteiger partial charge in [-0.05, 0) is 174 Å². The number of nitrogens with one attached hydrogen (secondary N) is 3. The molecule has 4 N–H and O–H groups in total. The van der Waals surface area contributed by atoms with Gasteiger partial charge in [0.05, 0.1) is 23.9 Å². The van der Waals surface area contributed by atoms with Crippen LogP contribution in [0.2, 0.25) is 0 Å². The van der Waals surface area contributed by atoms with Gasteiger partial charge in [-0.15, -0.1) is 5.11 Å². The van der Waals surface area contributed by atoms with Crippen molar-refractivity contribution in [1.29, 1.82) is 0 Å². The van der Waals surface area contributed by atoms with Crippen LogP contribution in [0.25, 0.3) is 32.6 Å². The van der Waals surface area contributed by atoms with Gasteiger partial charge in [-0.2, -0.15) is 20.1 Å². The van der Waals surface area contributed by atoms with Crippen molar-refractivity contribution in [2.75, 3.05) is 136 Å². The number of aromatic amines is 1. The van der Waals surface area contributed by atoms with Crippen molar-refractivity contribution in [3.63, 3.8) is 0 Å². The Labute approximate surface area is 412 Å². The molecule has 70 heavy (non-hydrogen) atoms. The Morgan fingerprint density at radius 1 is 0.629 bits per heavy atom. The third-order valence-electron chi connectivity index (χ3n) is 12.0. The van der Waals surface area contributed by atoms with Crippen LogP contribution in [0.5, 0.6) is 11.5 Å². The van der Waals surface area contributed by atoms with Gasteiger partial charge in [0.1, 0.15) is 11.4 Å². The molecule has 17 heteroatoms. The fourth-order valence-electron chi connectivity index (χ4n) is 8.40. The number of benzene rings is 5. The number of phenols is 1. The first kappa shape index (κ1) is 50.9. The monoisotopic (exact) mass is 951 g/mol. The number of ether oxygens (including phenoxy) is 1. The summed E-state index contributed by atoms with van der Waals surface area (Å²) in [7, 11) is 18.4. The van der Waals surface area contributed by atoms with Crippen molar-refractivity contribution in [1.82, 2.24) is 39.5 Å². The Bertz CT molecular complexity index is 2770. The van der Waals surface area contributed by atoms with Crippen LogP contribution >= 0.6 is 0 Å². The lowest BCUT2D eigenvalue weighted by Gasteiger charge is -2.28. The lowest BCUT2D eigenvalue weighted by molar-refractivity contribution is 0.102. The van der Waals surface area contributed by atoms with E-state index in [1.54, 1.807) is 37.4 Å². The summed E-state index contributed by atoms with van der Waals surface area (Å²) in [5, 5.41) is 31.0. The number of aromatic hydroxyl groups is 1. The summed E-state index contributed by atoms with van der Waals surface area (Å²) in [6, 6.07) is 28.2. The minimum absolute atomic E-state index is 0.0614. The third kappa shape index (κ3) is 13.4. The molecule has 2 heterocycles. The molecule has 5 aromatic carbocycles. The van der Waals surface area contributed by atoms with Crippen LogP contribution in [0.1, 0.15) is 36.0 Å². The van der Waals surface area contributed by atoms with Crippen LogP contribution in [-0.2, 0) is 0 Å². The van der Waals surface area contributed by atoms with E-state index in [0.29, 0.717) is 45.7 Å². The molecule has 17 nitrogen and oxygen atoms in total. The molecule has 0 radical (unpaired) electrons. The van der Waals surface area contributed by atoms with Crippen molar-refractivity contribution in [2.24, 2.45) is 10.2 Å². The number of hydrogen-bond acceptors (Lipinski definition) is 15. The first-order chi connectivity index (χ1) is 33.8. The van der Waals surface area contributed by atoms with Gasteiger partial charge in [0.15, 0.2) is 5.75 Å². The van der Waals surface area contributed by atoms with Crippen LogP contribution in [-0.4, -0.2) is 166 Å². The molecule has 0 saturated heterocycles. The number of nitrogens with zero attached hydrogens (tertiary/aromatic N) is 11. The Morgan fingerprint density at radius 3 is 1.71 bits per heavy atom. The van der Waals surface area contributed by atoms with Crippen molar-refractivity contribution in [2.45, 2.75) is 25.7 Å². The predicted octanol–water partition coefficient (Wildman–Crippen LogP) is 9.20. The van der Waals surface area contributed by atoms with Crippen molar-refractivity contribution in [3.05, 3.63) is 96.6 Å². The van der Waals surface area contributed by atoms with Crippen LogP contribution in [0, 0.1) is 0 Å². The van der Waals surface area contributed by atoms with Crippen molar-refractivity contribution in [3.8, 4) is 11.5 Å². The Kier molecular flexibility index (Phi) is 17.5. The largest absolute Gasteiger partial charge is 0.505 e. The molecule has 0 spiro atoms. The van der Waals surface area contributed by atoms with E-state index in [1.807, 2.05) is 54.6 Å². The summed E-state index contributed by atoms with van der Waals surface area (Å²) in [5.41, 5.74) is 3.79. The summed E-state index contributed by atoms with van der Waals surface area (Å²) in [5.74, 6) is 1.63. The summed E-state index contributed by atoms with van der Waals surface area (Å²) in [6.45, 7) is 7.04. The number of carbonyl (C=O) groups excluding carboxylic acids is 1. The normalized spacial score (nSPS) is 11.9. The standard InChI is InChI=1S/C53H70N14O3/c1-62(2)28-12-32-66(33-13-29-63(3)4)52-57-51(58-53(59-52)67(34-14-30-64(5)6)35-15-31-65(7)8)55-39-19-21-40(22-20-39)60-61-48-46-37(18-27-43-42-16-10-11-17-45(42)56-47(43)46)36-44(49(48)68)50(69)54-38-23-25-41(70-9)26-24-38/h10-11,16-27,36,56,68H,12-15,28-35H2,1-9H3,(H,54,69)(H,55,57,58,59). The van der Waals surface area contributed by atoms with Gasteiger partial charge in [0.25, 0.3) is 5.91 Å². The molecule has 0 aliphatic carbocycles. The molecule has 2 aromatic heterocycles. The first-order valence-electron chi connectivity index (χ1n) is 24.0. The van der Waals surface area contributed by atoms with Gasteiger partial charge in [0, 0.05) is 59.2 Å². The third-order valence-corrected chi connectivity index (χ3v) is 12.0. The average molecular weight is 951 g/mol. The number of phenolic OH excluding ortho intramolecular Hbond substituents is 1. The van der Waals surface area contributed by atoms with Crippen molar-refractivity contribution >= 4 is 79.1 Å². The van der Waals surface area contributed by atoms with E-state index in [2.05, 4.69) is 113 Å². The number of carbonyl (C=O) groups is 1. The molecular formula is C53H70N14O3. The predicted molar refractivity (Wildman–Crippen MR) is 287 cm³/mol. The van der Waals surface area contributed by atoms with Gasteiger partial charge in [-0.1, -0.05) is 30.3 Å². The number of fused-ring (bicyclic) bond motifs is 5. The zero-order valence-corrected chi connectivity index (χ0v) is 42.3. The van der Waals surface area contributed by atoms with Gasteiger partial charge in [0.2, 0.25) is 17.8 Å². The zero-order chi connectivity index (χ0) is 49.7. The molecule has 0 aliphatic heterocycles. The zero-order valence-electron chi connectivity index (χ0n) is 42.3. The van der Waals surface area contributed by atoms with Crippen molar-refractivity contribution < 1.29 is 14.6 Å². The summed E-state index contributed by atoms with van der Waals surface area (Å²) < 4.78 is 5.29. The van der Waals surface area contributed by atoms with Crippen LogP contribution in [0.3, 0.4) is 0 Å². The molecular weight excluding hydrogens is 881 g/mol. The fourth-order valence-corrected chi connectivity index (χ4v) is 8.40. The number of para-hydroxylation sites is 1. The molecule has 7 rings (SSSR count). The first-order valence-corrected chi connectivity index (χ1v) is 24.0. The Hall–Kier alpha value is -6.92. The van der Waals surface area contributed by atoms with Crippen LogP contribution in [0.4, 0.5) is 40.6 Å². The number of H-pyrrole nitrogens is 1. The van der Waals surface area contributed by atoms with Crippen LogP contribution in [0.15, 0.2) is 101 Å². The van der Waals surface area contributed by atoms with E-state index in [-0.39, 0.29) is 17.0 Å². The second-order valence-corrected chi connectivity index (χ2v) is 18.8. The highest BCUT2D eigenvalue weighted by atomic mass is 16.5. The minimum Gasteiger partial charge on any atom is -0.505 e. The molecule has 0 fully saturated rings. The highest BCUT2D eigenvalue weighted by Gasteiger charge is 2.23. The topological polar surface area (TPSA) is 169 Å². The van der Waals surface area contributed by atoms with Crippen LogP contribution < -0.4 is 25.2 Å². The summed E-state index contributed by atoms with van der Waals surface area (Å²) in [6.07, 6.45) is 3.86. The highest BCUT2D eigenvalue weighted by molar-refractivity contribution is 6.22. The Morgan fingerprint density at radius 2 is 1.17 bits per heavy atom. The second-order valence-electron chi connectivity index (χ2n) is 18.8. The molecule has 0 bridgehead atoms. The maximum Gasteiger partial charge on any atom is 0.259 e. The van der Waals surface area contributed by atoms with E-state index < -0.39 is 5.91 Å². The number of hydrogen-bond donors (Lipinski definition) is 4. The summed E-state index contributed by atoms with van der Waals surface area (Å²) in [4.78, 5) is 46.1. The van der Waals surface area contributed by atoms with E-state index in [1.165, 1.54) is 0 Å². The quantitative estimate of drug-likeness (QED) is 0.0401. The van der Waals surface area contributed by atoms with Gasteiger partial charge in [-0.3, -0.25) is 4.79 Å². The SMILES string of the molecule is COc1ccc(NC(=O)c2cc3ccc4c5ccccc5[nH]c4c3c(N=Nc3ccc(Nc4nc(N(CCCN(C)C)CCCN(C)C)nc(N(CCCN(C)C)CCCN(C)C)n4)cc3)c2O)cc1. The molecule has 370 valence electrons. The van der Waals surface area contributed by atoms with Gasteiger partial charge >= 0.3 is 0 Å². The Balaban J connectivity index is 1.22. The molecule has 1 amide bonds. The van der Waals surface area contributed by atoms with Gasteiger partial charge in [-0.25, -0.2) is 0 Å². The average Bonchev–Trinajstić information content (AvgIpc) is 3.72. The number of rotatable bonds is 25. The number of anilines is 5. The highest BCUT2D eigenvalue weighted by Crippen LogP contribution is 2.44. The second kappa shape index (κ2) is 24.1. The summed E-state index contributed by atoms with van der Waals surface area (Å²) >= 11 is 0.